The van der Waals surface area contributed by atoms with Crippen molar-refractivity contribution in [2.24, 2.45) is 0 Å². The lowest BCUT2D eigenvalue weighted by Gasteiger charge is -2.36. The van der Waals surface area contributed by atoms with Gasteiger partial charge >= 0.3 is 0 Å². The monoisotopic (exact) mass is 518 g/mol. The highest BCUT2D eigenvalue weighted by atomic mass is 35.5. The summed E-state index contributed by atoms with van der Waals surface area (Å²) in [6.07, 6.45) is 3.39. The smallest absolute Gasteiger partial charge is 0.270 e. The number of carbonyl (C=O) groups excluding carboxylic acids is 2. The average molecular weight is 519 g/mol. The fraction of sp³-hybridized carbons (Fsp3) is 0.462. The van der Waals surface area contributed by atoms with Gasteiger partial charge in [0, 0.05) is 64.4 Å². The molecule has 0 bridgehead atoms. The highest BCUT2D eigenvalue weighted by Gasteiger charge is 2.25. The van der Waals surface area contributed by atoms with Gasteiger partial charge in [0.15, 0.2) is 0 Å². The van der Waals surface area contributed by atoms with Crippen molar-refractivity contribution in [2.75, 3.05) is 39.3 Å². The van der Waals surface area contributed by atoms with E-state index in [1.165, 1.54) is 30.3 Å². The summed E-state index contributed by atoms with van der Waals surface area (Å²) in [5, 5.41) is 11.0. The van der Waals surface area contributed by atoms with Gasteiger partial charge in [0.1, 0.15) is 5.82 Å². The Hall–Kier alpha value is -3.04. The Morgan fingerprint density at radius 1 is 1.08 bits per heavy atom. The molecule has 36 heavy (non-hydrogen) atoms. The van der Waals surface area contributed by atoms with Crippen LogP contribution in [0, 0.1) is 15.9 Å². The van der Waals surface area contributed by atoms with Gasteiger partial charge in [-0.2, -0.15) is 0 Å². The molecule has 2 amide bonds. The van der Waals surface area contributed by atoms with Gasteiger partial charge in [0.25, 0.3) is 11.6 Å². The molecule has 1 heterocycles. The van der Waals surface area contributed by atoms with Crippen LogP contribution in [0.25, 0.3) is 0 Å². The minimum absolute atomic E-state index is 0.0645. The normalized spacial score (nSPS) is 14.0. The number of nitro benzene ring substituents is 1. The minimum Gasteiger partial charge on any atom is -0.337 e. The molecule has 0 saturated carbocycles. The summed E-state index contributed by atoms with van der Waals surface area (Å²) in [7, 11) is 0. The zero-order valence-electron chi connectivity index (χ0n) is 20.5. The number of hydrogen-bond acceptors (Lipinski definition) is 5. The number of unbranched alkanes of at least 4 members (excludes halogenated alkanes) is 2. The number of hydrogen-bond donors (Lipinski definition) is 0. The molecule has 1 fully saturated rings. The van der Waals surface area contributed by atoms with Crippen molar-refractivity contribution in [1.82, 2.24) is 14.7 Å². The first-order chi connectivity index (χ1) is 17.3. The molecule has 10 heteroatoms. The standard InChI is InChI=1S/C26H32ClFN4O4/c1-2-3-4-5-25(33)31(19-20-6-8-21(28)9-7-20)17-14-29-12-15-30(16-13-29)26(34)23-11-10-22(32(35)36)18-24(23)27/h6-11,18H,2-5,12-17,19H2,1H3. The number of rotatable bonds is 11. The van der Waals surface area contributed by atoms with Crippen LogP contribution >= 0.6 is 11.6 Å². The van der Waals surface area contributed by atoms with Gasteiger partial charge in [0.05, 0.1) is 15.5 Å². The van der Waals surface area contributed by atoms with Crippen molar-refractivity contribution in [3.8, 4) is 0 Å². The van der Waals surface area contributed by atoms with Crippen molar-refractivity contribution in [3.05, 3.63) is 74.5 Å². The molecule has 3 rings (SSSR count). The van der Waals surface area contributed by atoms with E-state index in [1.807, 2.05) is 4.90 Å². The van der Waals surface area contributed by atoms with Gasteiger partial charge in [-0.25, -0.2) is 4.39 Å². The molecule has 0 spiro atoms. The summed E-state index contributed by atoms with van der Waals surface area (Å²) < 4.78 is 13.3. The Labute approximate surface area is 215 Å². The largest absolute Gasteiger partial charge is 0.337 e. The van der Waals surface area contributed by atoms with Crippen LogP contribution in [0.3, 0.4) is 0 Å². The van der Waals surface area contributed by atoms with E-state index in [1.54, 1.807) is 17.0 Å². The average Bonchev–Trinajstić information content (AvgIpc) is 2.87. The Bertz CT molecular complexity index is 1060. The first-order valence-electron chi connectivity index (χ1n) is 12.3. The summed E-state index contributed by atoms with van der Waals surface area (Å²) in [6, 6.07) is 10.1. The van der Waals surface area contributed by atoms with E-state index in [2.05, 4.69) is 11.8 Å². The summed E-state index contributed by atoms with van der Waals surface area (Å²) in [4.78, 5) is 41.9. The number of amides is 2. The number of carbonyl (C=O) groups is 2. The zero-order chi connectivity index (χ0) is 26.1. The molecule has 8 nitrogen and oxygen atoms in total. The second-order valence-corrected chi connectivity index (χ2v) is 9.36. The summed E-state index contributed by atoms with van der Waals surface area (Å²) in [5.74, 6) is -0.463. The Kier molecular flexibility index (Phi) is 10.2. The predicted molar refractivity (Wildman–Crippen MR) is 136 cm³/mol. The maximum atomic E-state index is 13.3. The highest BCUT2D eigenvalue weighted by Crippen LogP contribution is 2.24. The Balaban J connectivity index is 1.54. The molecular weight excluding hydrogens is 487 g/mol. The molecule has 0 aliphatic carbocycles. The molecule has 1 aliphatic heterocycles. The summed E-state index contributed by atoms with van der Waals surface area (Å²) >= 11 is 6.13. The molecule has 0 N–H and O–H groups in total. The molecule has 194 valence electrons. The summed E-state index contributed by atoms with van der Waals surface area (Å²) in [5.41, 5.74) is 0.977. The minimum atomic E-state index is -0.549. The topological polar surface area (TPSA) is 87.0 Å². The first kappa shape index (κ1) is 27.5. The third kappa shape index (κ3) is 7.73. The fourth-order valence-electron chi connectivity index (χ4n) is 4.18. The fourth-order valence-corrected chi connectivity index (χ4v) is 4.44. The Morgan fingerprint density at radius 3 is 2.39 bits per heavy atom. The molecule has 2 aromatic rings. The van der Waals surface area contributed by atoms with E-state index in [-0.39, 0.29) is 33.9 Å². The maximum Gasteiger partial charge on any atom is 0.270 e. The maximum absolute atomic E-state index is 13.3. The van der Waals surface area contributed by atoms with Crippen molar-refractivity contribution in [1.29, 1.82) is 0 Å². The Morgan fingerprint density at radius 2 is 1.78 bits per heavy atom. The van der Waals surface area contributed by atoms with Crippen LogP contribution in [0.4, 0.5) is 10.1 Å². The van der Waals surface area contributed by atoms with E-state index in [9.17, 15) is 24.1 Å². The van der Waals surface area contributed by atoms with Gasteiger partial charge in [-0.15, -0.1) is 0 Å². The van der Waals surface area contributed by atoms with Crippen molar-refractivity contribution >= 4 is 29.1 Å². The number of nitrogens with zero attached hydrogens (tertiary/aromatic N) is 4. The van der Waals surface area contributed by atoms with Gasteiger partial charge in [0.2, 0.25) is 5.91 Å². The lowest BCUT2D eigenvalue weighted by molar-refractivity contribution is -0.384. The molecule has 0 atom stereocenters. The van der Waals surface area contributed by atoms with E-state index < -0.39 is 4.92 Å². The van der Waals surface area contributed by atoms with Crippen LogP contribution < -0.4 is 0 Å². The predicted octanol–water partition coefficient (Wildman–Crippen LogP) is 4.75. The van der Waals surface area contributed by atoms with E-state index in [0.29, 0.717) is 52.2 Å². The van der Waals surface area contributed by atoms with Crippen molar-refractivity contribution < 1.29 is 18.9 Å². The number of halogens is 2. The van der Waals surface area contributed by atoms with Gasteiger partial charge in [-0.3, -0.25) is 24.6 Å². The lowest BCUT2D eigenvalue weighted by atomic mass is 10.1. The molecule has 0 unspecified atom stereocenters. The molecule has 0 radical (unpaired) electrons. The molecule has 1 aliphatic rings. The van der Waals surface area contributed by atoms with Crippen LogP contribution in [0.5, 0.6) is 0 Å². The second kappa shape index (κ2) is 13.3. The van der Waals surface area contributed by atoms with Crippen molar-refractivity contribution in [2.45, 2.75) is 39.2 Å². The third-order valence-electron chi connectivity index (χ3n) is 6.37. The third-order valence-corrected chi connectivity index (χ3v) is 6.69. The van der Waals surface area contributed by atoms with Crippen LogP contribution in [0.2, 0.25) is 5.02 Å². The first-order valence-corrected chi connectivity index (χ1v) is 12.6. The van der Waals surface area contributed by atoms with Crippen LogP contribution in [0.15, 0.2) is 42.5 Å². The van der Waals surface area contributed by atoms with E-state index in [0.717, 1.165) is 24.8 Å². The van der Waals surface area contributed by atoms with Crippen LogP contribution in [-0.2, 0) is 11.3 Å². The number of non-ortho nitro benzene ring substituents is 1. The number of benzene rings is 2. The van der Waals surface area contributed by atoms with E-state index >= 15 is 0 Å². The van der Waals surface area contributed by atoms with E-state index in [4.69, 9.17) is 11.6 Å². The molecular formula is C26H32ClFN4O4. The summed E-state index contributed by atoms with van der Waals surface area (Å²) in [6.45, 7) is 6.02. The zero-order valence-corrected chi connectivity index (χ0v) is 21.3. The molecule has 1 saturated heterocycles. The molecule has 2 aromatic carbocycles. The van der Waals surface area contributed by atoms with Crippen molar-refractivity contribution in [3.63, 3.8) is 0 Å². The van der Waals surface area contributed by atoms with Crippen LogP contribution in [0.1, 0.15) is 48.5 Å². The van der Waals surface area contributed by atoms with Gasteiger partial charge in [-0.05, 0) is 30.2 Å². The SMILES string of the molecule is CCCCCC(=O)N(CCN1CCN(C(=O)c2ccc([N+](=O)[O-])cc2Cl)CC1)Cc1ccc(F)cc1. The quantitative estimate of drug-likeness (QED) is 0.243. The molecule has 0 aromatic heterocycles. The van der Waals surface area contributed by atoms with Crippen LogP contribution in [-0.4, -0.2) is 70.7 Å². The lowest BCUT2D eigenvalue weighted by Crippen LogP contribution is -2.50. The van der Waals surface area contributed by atoms with Gasteiger partial charge in [-0.1, -0.05) is 43.5 Å². The number of piperazine rings is 1. The number of nitro groups is 1. The van der Waals surface area contributed by atoms with Gasteiger partial charge < -0.3 is 9.80 Å². The second-order valence-electron chi connectivity index (χ2n) is 8.95. The highest BCUT2D eigenvalue weighted by molar-refractivity contribution is 6.34.